The van der Waals surface area contributed by atoms with Crippen molar-refractivity contribution in [2.24, 2.45) is 0 Å². The molecule has 0 unspecified atom stereocenters. The number of aryl methyl sites for hydroxylation is 1. The third kappa shape index (κ3) is 3.82. The highest BCUT2D eigenvalue weighted by atomic mass is 32.2. The Morgan fingerprint density at radius 2 is 1.86 bits per heavy atom. The number of nitrogens with zero attached hydrogens (tertiary/aromatic N) is 4. The van der Waals surface area contributed by atoms with Crippen molar-refractivity contribution in [3.63, 3.8) is 0 Å². The number of rotatable bonds is 4. The maximum absolute atomic E-state index is 13.1. The van der Waals surface area contributed by atoms with E-state index >= 15 is 0 Å². The van der Waals surface area contributed by atoms with Gasteiger partial charge in [0.25, 0.3) is 5.91 Å². The number of piperidine rings is 1. The molecule has 1 aromatic carbocycles. The van der Waals surface area contributed by atoms with Crippen LogP contribution in [0.3, 0.4) is 0 Å². The van der Waals surface area contributed by atoms with E-state index in [4.69, 9.17) is 0 Å². The van der Waals surface area contributed by atoms with Crippen LogP contribution in [0.25, 0.3) is 15.9 Å². The normalized spacial score (nSPS) is 16.1. The fraction of sp³-hybridized carbons (Fsp3) is 0.400. The molecule has 154 valence electrons. The Bertz CT molecular complexity index is 1140. The van der Waals surface area contributed by atoms with Crippen LogP contribution in [-0.2, 0) is 10.0 Å². The quantitative estimate of drug-likeness (QED) is 0.635. The second-order valence-corrected chi connectivity index (χ2v) is 10.5. The van der Waals surface area contributed by atoms with Crippen molar-refractivity contribution in [2.75, 3.05) is 26.4 Å². The summed E-state index contributed by atoms with van der Waals surface area (Å²) < 4.78 is 26.8. The van der Waals surface area contributed by atoms with Crippen molar-refractivity contribution in [3.05, 3.63) is 47.0 Å². The first-order valence-corrected chi connectivity index (χ1v) is 12.2. The molecular formula is C20H24N4O3S2. The number of para-hydroxylation sites is 1. The zero-order chi connectivity index (χ0) is 20.8. The average Bonchev–Trinajstić information content (AvgIpc) is 3.28. The van der Waals surface area contributed by atoms with E-state index in [-0.39, 0.29) is 11.9 Å². The van der Waals surface area contributed by atoms with Gasteiger partial charge in [0, 0.05) is 31.6 Å². The van der Waals surface area contributed by atoms with Crippen LogP contribution in [0, 0.1) is 6.92 Å². The van der Waals surface area contributed by atoms with Crippen LogP contribution in [0.2, 0.25) is 0 Å². The number of likely N-dealkylation sites (tertiary alicyclic amines) is 1. The Labute approximate surface area is 174 Å². The molecule has 1 aliphatic rings. The summed E-state index contributed by atoms with van der Waals surface area (Å²) >= 11 is 1.46. The number of carbonyl (C=O) groups is 1. The lowest BCUT2D eigenvalue weighted by atomic mass is 10.1. The Balaban J connectivity index is 1.54. The third-order valence-electron chi connectivity index (χ3n) is 5.55. The average molecular weight is 433 g/mol. The summed E-state index contributed by atoms with van der Waals surface area (Å²) in [5.41, 5.74) is 1.86. The second kappa shape index (κ2) is 7.55. The molecule has 0 bridgehead atoms. The smallest absolute Gasteiger partial charge is 0.264 e. The molecule has 1 amide bonds. The van der Waals surface area contributed by atoms with Crippen LogP contribution < -0.4 is 0 Å². The standard InChI is InChI=1S/C20H24N4O3S2/c1-14-17-13-18(28-20(17)24(21-14)16-7-5-4-6-8-16)19(25)23-11-9-15(10-12-23)22(2)29(3,26)27/h4-8,13,15H,9-12H2,1-3H3. The molecule has 7 nitrogen and oxygen atoms in total. The Hall–Kier alpha value is -2.23. The predicted octanol–water partition coefficient (Wildman–Crippen LogP) is 2.89. The molecule has 3 heterocycles. The highest BCUT2D eigenvalue weighted by molar-refractivity contribution is 7.88. The SMILES string of the molecule is Cc1nn(-c2ccccc2)c2sc(C(=O)N3CCC(N(C)S(C)(=O)=O)CC3)cc12. The maximum atomic E-state index is 13.1. The van der Waals surface area contributed by atoms with Gasteiger partial charge in [-0.2, -0.15) is 5.10 Å². The van der Waals surface area contributed by atoms with Crippen LogP contribution in [0.4, 0.5) is 0 Å². The molecule has 0 radical (unpaired) electrons. The molecule has 0 atom stereocenters. The number of hydrogen-bond donors (Lipinski definition) is 0. The minimum Gasteiger partial charge on any atom is -0.338 e. The van der Waals surface area contributed by atoms with Crippen LogP contribution in [-0.4, -0.2) is 65.7 Å². The van der Waals surface area contributed by atoms with Gasteiger partial charge in [-0.1, -0.05) is 18.2 Å². The van der Waals surface area contributed by atoms with Crippen LogP contribution in [0.15, 0.2) is 36.4 Å². The van der Waals surface area contributed by atoms with Crippen molar-refractivity contribution in [1.82, 2.24) is 19.0 Å². The Morgan fingerprint density at radius 1 is 1.21 bits per heavy atom. The molecule has 0 aliphatic carbocycles. The second-order valence-electron chi connectivity index (χ2n) is 7.46. The number of benzene rings is 1. The molecule has 4 rings (SSSR count). The van der Waals surface area contributed by atoms with E-state index in [1.807, 2.05) is 52.9 Å². The van der Waals surface area contributed by atoms with Crippen LogP contribution >= 0.6 is 11.3 Å². The Kier molecular flexibility index (Phi) is 5.22. The van der Waals surface area contributed by atoms with Gasteiger partial charge in [0.2, 0.25) is 10.0 Å². The minimum absolute atomic E-state index is 0.00525. The van der Waals surface area contributed by atoms with Gasteiger partial charge in [-0.25, -0.2) is 17.4 Å². The summed E-state index contributed by atoms with van der Waals surface area (Å²) in [6.45, 7) is 3.07. The molecular weight excluding hydrogens is 408 g/mol. The van der Waals surface area contributed by atoms with Gasteiger partial charge < -0.3 is 4.90 Å². The van der Waals surface area contributed by atoms with Gasteiger partial charge in [0.1, 0.15) is 4.83 Å². The molecule has 1 saturated heterocycles. The van der Waals surface area contributed by atoms with Crippen LogP contribution in [0.1, 0.15) is 28.2 Å². The lowest BCUT2D eigenvalue weighted by Gasteiger charge is -2.35. The zero-order valence-electron chi connectivity index (χ0n) is 16.7. The van der Waals surface area contributed by atoms with E-state index in [9.17, 15) is 13.2 Å². The first-order chi connectivity index (χ1) is 13.8. The van der Waals surface area contributed by atoms with Crippen molar-refractivity contribution in [3.8, 4) is 5.69 Å². The molecule has 0 saturated carbocycles. The third-order valence-corrected chi connectivity index (χ3v) is 7.99. The minimum atomic E-state index is -3.22. The number of aromatic nitrogens is 2. The van der Waals surface area contributed by atoms with Gasteiger partial charge in [-0.05, 0) is 38.0 Å². The first-order valence-electron chi connectivity index (χ1n) is 9.52. The summed E-state index contributed by atoms with van der Waals surface area (Å²) in [5, 5.41) is 5.62. The summed E-state index contributed by atoms with van der Waals surface area (Å²) in [6.07, 6.45) is 2.52. The molecule has 1 aliphatic heterocycles. The van der Waals surface area contributed by atoms with Gasteiger partial charge in [-0.15, -0.1) is 11.3 Å². The van der Waals surface area contributed by atoms with E-state index in [1.165, 1.54) is 21.9 Å². The van der Waals surface area contributed by atoms with Gasteiger partial charge in [0.05, 0.1) is 22.5 Å². The lowest BCUT2D eigenvalue weighted by Crippen LogP contribution is -2.46. The van der Waals surface area contributed by atoms with Crippen molar-refractivity contribution in [1.29, 1.82) is 0 Å². The molecule has 3 aromatic rings. The first kappa shape index (κ1) is 20.1. The summed E-state index contributed by atoms with van der Waals surface area (Å²) in [5.74, 6) is 0.00525. The highest BCUT2D eigenvalue weighted by Gasteiger charge is 2.30. The summed E-state index contributed by atoms with van der Waals surface area (Å²) in [4.78, 5) is 16.6. The van der Waals surface area contributed by atoms with Crippen molar-refractivity contribution < 1.29 is 13.2 Å². The zero-order valence-corrected chi connectivity index (χ0v) is 18.3. The van der Waals surface area contributed by atoms with E-state index in [0.29, 0.717) is 30.8 Å². The van der Waals surface area contributed by atoms with Crippen molar-refractivity contribution in [2.45, 2.75) is 25.8 Å². The van der Waals surface area contributed by atoms with Gasteiger partial charge >= 0.3 is 0 Å². The number of fused-ring (bicyclic) bond motifs is 1. The molecule has 2 aromatic heterocycles. The summed E-state index contributed by atoms with van der Waals surface area (Å²) in [6, 6.07) is 11.8. The molecule has 9 heteroatoms. The highest BCUT2D eigenvalue weighted by Crippen LogP contribution is 2.31. The van der Waals surface area contributed by atoms with E-state index in [1.54, 1.807) is 7.05 Å². The molecule has 0 N–H and O–H groups in total. The van der Waals surface area contributed by atoms with Crippen molar-refractivity contribution >= 4 is 37.5 Å². The number of thiophene rings is 1. The number of hydrogen-bond acceptors (Lipinski definition) is 5. The fourth-order valence-electron chi connectivity index (χ4n) is 3.76. The summed E-state index contributed by atoms with van der Waals surface area (Å²) in [7, 11) is -1.60. The molecule has 0 spiro atoms. The number of amides is 1. The van der Waals surface area contributed by atoms with Gasteiger partial charge in [0.15, 0.2) is 0 Å². The van der Waals surface area contributed by atoms with E-state index in [2.05, 4.69) is 5.10 Å². The Morgan fingerprint density at radius 3 is 2.48 bits per heavy atom. The maximum Gasteiger partial charge on any atom is 0.264 e. The number of sulfonamides is 1. The lowest BCUT2D eigenvalue weighted by molar-refractivity contribution is 0.0691. The van der Waals surface area contributed by atoms with E-state index in [0.717, 1.165) is 21.6 Å². The molecule has 29 heavy (non-hydrogen) atoms. The molecule has 1 fully saturated rings. The predicted molar refractivity (Wildman–Crippen MR) is 115 cm³/mol. The van der Waals surface area contributed by atoms with Gasteiger partial charge in [-0.3, -0.25) is 4.79 Å². The topological polar surface area (TPSA) is 75.5 Å². The largest absolute Gasteiger partial charge is 0.338 e. The van der Waals surface area contributed by atoms with E-state index < -0.39 is 10.0 Å². The monoisotopic (exact) mass is 432 g/mol. The fourth-order valence-corrected chi connectivity index (χ4v) is 5.66. The van der Waals surface area contributed by atoms with Crippen LogP contribution in [0.5, 0.6) is 0 Å². The number of carbonyl (C=O) groups excluding carboxylic acids is 1.